The molecule has 1 aliphatic carbocycles. The number of rotatable bonds is 6. The maximum atomic E-state index is 14.1. The standard InChI is InChI=1S/C18H20FN3O4S/c1-22(2)27(24,25)14-6-7-15(19)16(11-14)21-18(23)12-8-9-20-17(10-12)26-13-4-3-5-13/h6-11,13H,3-5H2,1-2H3,(H,21,23). The molecule has 0 saturated heterocycles. The van der Waals surface area contributed by atoms with Crippen molar-refractivity contribution in [1.82, 2.24) is 9.29 Å². The van der Waals surface area contributed by atoms with Gasteiger partial charge < -0.3 is 10.1 Å². The lowest BCUT2D eigenvalue weighted by Crippen LogP contribution is -2.25. The number of carbonyl (C=O) groups is 1. The average Bonchev–Trinajstić information content (AvgIpc) is 2.60. The van der Waals surface area contributed by atoms with Crippen molar-refractivity contribution < 1.29 is 22.3 Å². The quantitative estimate of drug-likeness (QED) is 0.815. The zero-order chi connectivity index (χ0) is 19.6. The normalized spacial score (nSPS) is 14.7. The molecule has 2 aromatic rings. The number of anilines is 1. The first kappa shape index (κ1) is 19.2. The fourth-order valence-electron chi connectivity index (χ4n) is 2.44. The fourth-order valence-corrected chi connectivity index (χ4v) is 3.37. The van der Waals surface area contributed by atoms with Crippen molar-refractivity contribution in [1.29, 1.82) is 0 Å². The molecule has 144 valence electrons. The lowest BCUT2D eigenvalue weighted by Gasteiger charge is -2.25. The third-order valence-electron chi connectivity index (χ3n) is 4.30. The Labute approximate surface area is 157 Å². The topological polar surface area (TPSA) is 88.6 Å². The smallest absolute Gasteiger partial charge is 0.255 e. The van der Waals surface area contributed by atoms with Gasteiger partial charge in [-0.05, 0) is 43.5 Å². The van der Waals surface area contributed by atoms with Gasteiger partial charge in [0.25, 0.3) is 5.91 Å². The van der Waals surface area contributed by atoms with Crippen molar-refractivity contribution in [2.24, 2.45) is 0 Å². The van der Waals surface area contributed by atoms with Crippen LogP contribution in [0.25, 0.3) is 0 Å². The van der Waals surface area contributed by atoms with E-state index in [2.05, 4.69) is 10.3 Å². The predicted molar refractivity (Wildman–Crippen MR) is 97.7 cm³/mol. The van der Waals surface area contributed by atoms with E-state index in [0.29, 0.717) is 5.88 Å². The SMILES string of the molecule is CN(C)S(=O)(=O)c1ccc(F)c(NC(=O)c2ccnc(OC3CCC3)c2)c1. The van der Waals surface area contributed by atoms with Gasteiger partial charge in [-0.3, -0.25) is 4.79 Å². The monoisotopic (exact) mass is 393 g/mol. The Bertz CT molecular complexity index is 959. The molecule has 1 fully saturated rings. The summed E-state index contributed by atoms with van der Waals surface area (Å²) in [6.45, 7) is 0. The highest BCUT2D eigenvalue weighted by molar-refractivity contribution is 7.89. The zero-order valence-corrected chi connectivity index (χ0v) is 15.8. The number of sulfonamides is 1. The van der Waals surface area contributed by atoms with Crippen LogP contribution < -0.4 is 10.1 Å². The molecule has 3 rings (SSSR count). The van der Waals surface area contributed by atoms with E-state index < -0.39 is 21.7 Å². The second-order valence-corrected chi connectivity index (χ2v) is 8.59. The van der Waals surface area contributed by atoms with E-state index in [4.69, 9.17) is 4.74 Å². The Morgan fingerprint density at radius 1 is 1.26 bits per heavy atom. The molecular weight excluding hydrogens is 373 g/mol. The maximum Gasteiger partial charge on any atom is 0.255 e. The molecule has 0 atom stereocenters. The van der Waals surface area contributed by atoms with Crippen molar-refractivity contribution in [2.75, 3.05) is 19.4 Å². The molecule has 0 aliphatic heterocycles. The highest BCUT2D eigenvalue weighted by Crippen LogP contribution is 2.25. The van der Waals surface area contributed by atoms with Crippen LogP contribution in [0.1, 0.15) is 29.6 Å². The average molecular weight is 393 g/mol. The number of amides is 1. The van der Waals surface area contributed by atoms with E-state index in [-0.39, 0.29) is 22.3 Å². The summed E-state index contributed by atoms with van der Waals surface area (Å²) in [5.74, 6) is -0.994. The number of hydrogen-bond donors (Lipinski definition) is 1. The summed E-state index contributed by atoms with van der Waals surface area (Å²) in [6.07, 6.45) is 4.57. The van der Waals surface area contributed by atoms with Crippen LogP contribution in [-0.2, 0) is 10.0 Å². The molecule has 27 heavy (non-hydrogen) atoms. The van der Waals surface area contributed by atoms with Gasteiger partial charge >= 0.3 is 0 Å². The van der Waals surface area contributed by atoms with E-state index in [1.165, 1.54) is 32.4 Å². The summed E-state index contributed by atoms with van der Waals surface area (Å²) >= 11 is 0. The Morgan fingerprint density at radius 3 is 2.63 bits per heavy atom. The molecule has 1 aromatic heterocycles. The third kappa shape index (κ3) is 4.25. The second-order valence-electron chi connectivity index (χ2n) is 6.44. The van der Waals surface area contributed by atoms with Crippen LogP contribution in [0.15, 0.2) is 41.4 Å². The van der Waals surface area contributed by atoms with Gasteiger partial charge in [0, 0.05) is 31.9 Å². The number of pyridine rings is 1. The third-order valence-corrected chi connectivity index (χ3v) is 6.11. The first-order chi connectivity index (χ1) is 12.8. The molecule has 1 amide bonds. The van der Waals surface area contributed by atoms with Crippen molar-refractivity contribution in [3.8, 4) is 5.88 Å². The predicted octanol–water partition coefficient (Wildman–Crippen LogP) is 2.65. The van der Waals surface area contributed by atoms with E-state index >= 15 is 0 Å². The summed E-state index contributed by atoms with van der Waals surface area (Å²) in [4.78, 5) is 16.4. The molecule has 1 aromatic carbocycles. The van der Waals surface area contributed by atoms with E-state index in [0.717, 1.165) is 41.8 Å². The molecule has 1 heterocycles. The van der Waals surface area contributed by atoms with Crippen LogP contribution in [0.2, 0.25) is 0 Å². The van der Waals surface area contributed by atoms with Crippen molar-refractivity contribution >= 4 is 21.6 Å². The van der Waals surface area contributed by atoms with Crippen LogP contribution in [0.4, 0.5) is 10.1 Å². The Morgan fingerprint density at radius 2 is 2.00 bits per heavy atom. The highest BCUT2D eigenvalue weighted by atomic mass is 32.2. The fraction of sp³-hybridized carbons (Fsp3) is 0.333. The lowest BCUT2D eigenvalue weighted by atomic mass is 9.96. The number of nitrogens with one attached hydrogen (secondary N) is 1. The zero-order valence-electron chi connectivity index (χ0n) is 15.0. The van der Waals surface area contributed by atoms with Crippen LogP contribution in [0, 0.1) is 5.82 Å². The van der Waals surface area contributed by atoms with Crippen molar-refractivity contribution in [3.63, 3.8) is 0 Å². The second kappa shape index (κ2) is 7.61. The maximum absolute atomic E-state index is 14.1. The highest BCUT2D eigenvalue weighted by Gasteiger charge is 2.21. The van der Waals surface area contributed by atoms with Gasteiger partial charge in [-0.15, -0.1) is 0 Å². The van der Waals surface area contributed by atoms with Crippen LogP contribution >= 0.6 is 0 Å². The van der Waals surface area contributed by atoms with Crippen LogP contribution in [0.5, 0.6) is 5.88 Å². The first-order valence-corrected chi connectivity index (χ1v) is 9.87. The minimum atomic E-state index is -3.75. The number of nitrogens with zero attached hydrogens (tertiary/aromatic N) is 2. The van der Waals surface area contributed by atoms with Crippen LogP contribution in [0.3, 0.4) is 0 Å². The number of ether oxygens (including phenoxy) is 1. The van der Waals surface area contributed by atoms with Crippen molar-refractivity contribution in [3.05, 3.63) is 47.9 Å². The molecule has 0 spiro atoms. The number of benzene rings is 1. The molecule has 1 aliphatic rings. The number of hydrogen-bond acceptors (Lipinski definition) is 5. The number of aromatic nitrogens is 1. The first-order valence-electron chi connectivity index (χ1n) is 8.43. The van der Waals surface area contributed by atoms with Gasteiger partial charge in [-0.2, -0.15) is 0 Å². The largest absolute Gasteiger partial charge is 0.474 e. The summed E-state index contributed by atoms with van der Waals surface area (Å²) in [6, 6.07) is 6.20. The van der Waals surface area contributed by atoms with Gasteiger partial charge in [-0.1, -0.05) is 0 Å². The summed E-state index contributed by atoms with van der Waals surface area (Å²) in [5.41, 5.74) is 0.0146. The van der Waals surface area contributed by atoms with Gasteiger partial charge in [0.15, 0.2) is 0 Å². The molecular formula is C18H20FN3O4S. The summed E-state index contributed by atoms with van der Waals surface area (Å²) < 4.78 is 45.1. The van der Waals surface area contributed by atoms with Gasteiger partial charge in [0.1, 0.15) is 11.9 Å². The number of carbonyl (C=O) groups excluding carboxylic acids is 1. The molecule has 1 N–H and O–H groups in total. The summed E-state index contributed by atoms with van der Waals surface area (Å²) in [5, 5.41) is 2.41. The minimum Gasteiger partial charge on any atom is -0.474 e. The van der Waals surface area contributed by atoms with Crippen molar-refractivity contribution in [2.45, 2.75) is 30.3 Å². The minimum absolute atomic E-state index is 0.112. The molecule has 0 radical (unpaired) electrons. The van der Waals surface area contributed by atoms with E-state index in [1.807, 2.05) is 0 Å². The van der Waals surface area contributed by atoms with Crippen LogP contribution in [-0.4, -0.2) is 43.8 Å². The Balaban J connectivity index is 1.80. The summed E-state index contributed by atoms with van der Waals surface area (Å²) in [7, 11) is -1.00. The molecule has 0 unspecified atom stereocenters. The Kier molecular flexibility index (Phi) is 5.43. The van der Waals surface area contributed by atoms with Gasteiger partial charge in [0.05, 0.1) is 10.6 Å². The number of halogens is 1. The van der Waals surface area contributed by atoms with E-state index in [1.54, 1.807) is 0 Å². The Hall–Kier alpha value is -2.52. The molecule has 9 heteroatoms. The molecule has 1 saturated carbocycles. The van der Waals surface area contributed by atoms with Gasteiger partial charge in [-0.25, -0.2) is 22.1 Å². The lowest BCUT2D eigenvalue weighted by molar-refractivity contribution is 0.101. The van der Waals surface area contributed by atoms with Gasteiger partial charge in [0.2, 0.25) is 15.9 Å². The van der Waals surface area contributed by atoms with E-state index in [9.17, 15) is 17.6 Å². The molecule has 0 bridgehead atoms. The molecule has 7 nitrogen and oxygen atoms in total.